The van der Waals surface area contributed by atoms with Crippen LogP contribution in [-0.2, 0) is 0 Å². The van der Waals surface area contributed by atoms with Gasteiger partial charge in [0.15, 0.2) is 5.78 Å². The molecule has 0 amide bonds. The van der Waals surface area contributed by atoms with E-state index in [1.807, 2.05) is 18.2 Å². The topological polar surface area (TPSA) is 43.1 Å². The Kier molecular flexibility index (Phi) is 9.60. The van der Waals surface area contributed by atoms with Crippen LogP contribution in [0, 0.1) is 0 Å². The molecular formula is C19H31NO. The molecule has 0 saturated carbocycles. The summed E-state index contributed by atoms with van der Waals surface area (Å²) in [6, 6.07) is 7.37. The van der Waals surface area contributed by atoms with Gasteiger partial charge in [-0.25, -0.2) is 0 Å². The lowest BCUT2D eigenvalue weighted by Crippen LogP contribution is -2.03. The average Bonchev–Trinajstić information content (AvgIpc) is 2.49. The number of anilines is 1. The summed E-state index contributed by atoms with van der Waals surface area (Å²) in [6.45, 7) is 2.25. The van der Waals surface area contributed by atoms with Crippen LogP contribution in [0.3, 0.4) is 0 Å². The zero-order chi connectivity index (χ0) is 15.3. The molecule has 1 aromatic rings. The summed E-state index contributed by atoms with van der Waals surface area (Å²) < 4.78 is 0. The van der Waals surface area contributed by atoms with E-state index >= 15 is 0 Å². The van der Waals surface area contributed by atoms with Crippen LogP contribution in [0.1, 0.15) is 87.9 Å². The molecule has 0 spiro atoms. The summed E-state index contributed by atoms with van der Waals surface area (Å²) in [5, 5.41) is 0. The molecule has 118 valence electrons. The lowest BCUT2D eigenvalue weighted by Gasteiger charge is -2.05. The molecule has 2 N–H and O–H groups in total. The van der Waals surface area contributed by atoms with Crippen molar-refractivity contribution in [2.45, 2.75) is 77.6 Å². The smallest absolute Gasteiger partial charge is 0.164 e. The quantitative estimate of drug-likeness (QED) is 0.302. The van der Waals surface area contributed by atoms with Crippen LogP contribution in [0.25, 0.3) is 0 Å². The second-order valence-electron chi connectivity index (χ2n) is 5.94. The van der Waals surface area contributed by atoms with Gasteiger partial charge in [0.2, 0.25) is 0 Å². The number of carbonyl (C=O) groups excluding carboxylic acids is 1. The SMILES string of the molecule is CCCCCCCCCCCCC(=O)c1ccccc1N. The summed E-state index contributed by atoms with van der Waals surface area (Å²) in [7, 11) is 0. The number of nitrogen functional groups attached to an aromatic ring is 1. The number of rotatable bonds is 12. The molecule has 0 heterocycles. The molecule has 21 heavy (non-hydrogen) atoms. The number of hydrogen-bond acceptors (Lipinski definition) is 2. The van der Waals surface area contributed by atoms with Crippen molar-refractivity contribution in [1.82, 2.24) is 0 Å². The van der Waals surface area contributed by atoms with E-state index in [4.69, 9.17) is 5.73 Å². The van der Waals surface area contributed by atoms with Crippen molar-refractivity contribution in [3.63, 3.8) is 0 Å². The predicted molar refractivity (Wildman–Crippen MR) is 91.6 cm³/mol. The summed E-state index contributed by atoms with van der Waals surface area (Å²) >= 11 is 0. The van der Waals surface area contributed by atoms with Crippen molar-refractivity contribution in [2.24, 2.45) is 0 Å². The van der Waals surface area contributed by atoms with Gasteiger partial charge in [-0.1, -0.05) is 76.8 Å². The maximum Gasteiger partial charge on any atom is 0.164 e. The fourth-order valence-electron chi connectivity index (χ4n) is 2.66. The van der Waals surface area contributed by atoms with E-state index in [0.29, 0.717) is 17.7 Å². The van der Waals surface area contributed by atoms with E-state index in [0.717, 1.165) is 12.8 Å². The highest BCUT2D eigenvalue weighted by atomic mass is 16.1. The van der Waals surface area contributed by atoms with Crippen molar-refractivity contribution in [2.75, 3.05) is 5.73 Å². The summed E-state index contributed by atoms with van der Waals surface area (Å²) in [5.74, 6) is 0.188. The van der Waals surface area contributed by atoms with Crippen molar-refractivity contribution in [1.29, 1.82) is 0 Å². The molecule has 0 fully saturated rings. The lowest BCUT2D eigenvalue weighted by atomic mass is 10.0. The van der Waals surface area contributed by atoms with Gasteiger partial charge in [-0.05, 0) is 18.6 Å². The van der Waals surface area contributed by atoms with Crippen LogP contribution in [0.2, 0.25) is 0 Å². The summed E-state index contributed by atoms with van der Waals surface area (Å²) in [4.78, 5) is 12.0. The van der Waals surface area contributed by atoms with E-state index < -0.39 is 0 Å². The molecule has 0 aromatic heterocycles. The highest BCUT2D eigenvalue weighted by molar-refractivity contribution is 6.00. The highest BCUT2D eigenvalue weighted by Crippen LogP contribution is 2.16. The van der Waals surface area contributed by atoms with Gasteiger partial charge >= 0.3 is 0 Å². The Morgan fingerprint density at radius 2 is 1.38 bits per heavy atom. The molecule has 1 rings (SSSR count). The lowest BCUT2D eigenvalue weighted by molar-refractivity contribution is 0.0980. The van der Waals surface area contributed by atoms with Crippen LogP contribution in [-0.4, -0.2) is 5.78 Å². The van der Waals surface area contributed by atoms with Gasteiger partial charge in [0, 0.05) is 17.7 Å². The Bertz CT molecular complexity index is 400. The zero-order valence-corrected chi connectivity index (χ0v) is 13.6. The first-order valence-electron chi connectivity index (χ1n) is 8.63. The van der Waals surface area contributed by atoms with Crippen LogP contribution in [0.4, 0.5) is 5.69 Å². The van der Waals surface area contributed by atoms with Gasteiger partial charge in [-0.3, -0.25) is 4.79 Å². The third-order valence-electron chi connectivity index (χ3n) is 4.02. The van der Waals surface area contributed by atoms with E-state index in [9.17, 15) is 4.79 Å². The minimum absolute atomic E-state index is 0.188. The molecule has 0 unspecified atom stereocenters. The van der Waals surface area contributed by atoms with Crippen LogP contribution >= 0.6 is 0 Å². The normalized spacial score (nSPS) is 10.7. The molecule has 0 saturated heterocycles. The number of unbranched alkanes of at least 4 members (excludes halogenated alkanes) is 9. The number of hydrogen-bond donors (Lipinski definition) is 1. The van der Waals surface area contributed by atoms with Gasteiger partial charge < -0.3 is 5.73 Å². The second kappa shape index (κ2) is 11.4. The first kappa shape index (κ1) is 17.7. The molecule has 0 aliphatic heterocycles. The minimum atomic E-state index is 0.188. The van der Waals surface area contributed by atoms with Crippen molar-refractivity contribution in [3.05, 3.63) is 29.8 Å². The Labute approximate surface area is 130 Å². The van der Waals surface area contributed by atoms with Crippen LogP contribution in [0.15, 0.2) is 24.3 Å². The highest BCUT2D eigenvalue weighted by Gasteiger charge is 2.08. The fourth-order valence-corrected chi connectivity index (χ4v) is 2.66. The van der Waals surface area contributed by atoms with Crippen molar-refractivity contribution >= 4 is 11.5 Å². The first-order valence-corrected chi connectivity index (χ1v) is 8.63. The van der Waals surface area contributed by atoms with Gasteiger partial charge in [0.1, 0.15) is 0 Å². The Balaban J connectivity index is 1.99. The van der Waals surface area contributed by atoms with Gasteiger partial charge in [-0.15, -0.1) is 0 Å². The number of carbonyl (C=O) groups is 1. The van der Waals surface area contributed by atoms with Crippen molar-refractivity contribution in [3.8, 4) is 0 Å². The van der Waals surface area contributed by atoms with Crippen molar-refractivity contribution < 1.29 is 4.79 Å². The number of ketones is 1. The number of para-hydroxylation sites is 1. The second-order valence-corrected chi connectivity index (χ2v) is 5.94. The molecule has 0 bridgehead atoms. The van der Waals surface area contributed by atoms with Gasteiger partial charge in [-0.2, -0.15) is 0 Å². The first-order chi connectivity index (χ1) is 10.3. The molecule has 1 aromatic carbocycles. The predicted octanol–water partition coefficient (Wildman–Crippen LogP) is 5.76. The fraction of sp³-hybridized carbons (Fsp3) is 0.632. The number of benzene rings is 1. The van der Waals surface area contributed by atoms with E-state index in [1.54, 1.807) is 6.07 Å². The Morgan fingerprint density at radius 1 is 0.857 bits per heavy atom. The van der Waals surface area contributed by atoms with Crippen LogP contribution in [0.5, 0.6) is 0 Å². The number of Topliss-reactive ketones (excluding diaryl/α,β-unsaturated/α-hetero) is 1. The Hall–Kier alpha value is -1.31. The molecule has 0 atom stereocenters. The molecule has 0 aliphatic carbocycles. The summed E-state index contributed by atoms with van der Waals surface area (Å²) in [5.41, 5.74) is 7.11. The maximum absolute atomic E-state index is 12.0. The van der Waals surface area contributed by atoms with Gasteiger partial charge in [0.25, 0.3) is 0 Å². The third kappa shape index (κ3) is 7.89. The molecule has 2 nitrogen and oxygen atoms in total. The number of nitrogens with two attached hydrogens (primary N) is 1. The van der Waals surface area contributed by atoms with Gasteiger partial charge in [0.05, 0.1) is 0 Å². The van der Waals surface area contributed by atoms with E-state index in [1.165, 1.54) is 51.4 Å². The largest absolute Gasteiger partial charge is 0.398 e. The standard InChI is InChI=1S/C19H31NO/c1-2-3-4-5-6-7-8-9-10-11-16-19(21)17-14-12-13-15-18(17)20/h12-15H,2-11,16,20H2,1H3. The van der Waals surface area contributed by atoms with Crippen LogP contribution < -0.4 is 5.73 Å². The molecule has 0 radical (unpaired) electrons. The van der Waals surface area contributed by atoms with E-state index in [2.05, 4.69) is 6.92 Å². The molecule has 0 aliphatic rings. The average molecular weight is 289 g/mol. The minimum Gasteiger partial charge on any atom is -0.398 e. The maximum atomic E-state index is 12.0. The molecular weight excluding hydrogens is 258 g/mol. The summed E-state index contributed by atoms with van der Waals surface area (Å²) in [6.07, 6.45) is 13.6. The monoisotopic (exact) mass is 289 g/mol. The Morgan fingerprint density at radius 3 is 1.95 bits per heavy atom. The molecule has 2 heteroatoms. The third-order valence-corrected chi connectivity index (χ3v) is 4.02. The van der Waals surface area contributed by atoms with E-state index in [-0.39, 0.29) is 5.78 Å². The zero-order valence-electron chi connectivity index (χ0n) is 13.6.